The Kier molecular flexibility index (Phi) is 4.93. The van der Waals surface area contributed by atoms with Gasteiger partial charge in [0, 0.05) is 39.1 Å². The molecule has 0 aliphatic rings. The minimum absolute atomic E-state index is 0.0568. The summed E-state index contributed by atoms with van der Waals surface area (Å²) < 4.78 is 5.26. The number of hydrogen-bond donors (Lipinski definition) is 1. The van der Waals surface area contributed by atoms with Gasteiger partial charge in [-0.15, -0.1) is 11.8 Å². The number of hydrogen-bond acceptors (Lipinski definition) is 5. The second-order valence-corrected chi connectivity index (χ2v) is 5.68. The molecule has 2 aromatic carbocycles. The lowest BCUT2D eigenvalue weighted by atomic mass is 10.2. The van der Waals surface area contributed by atoms with Crippen LogP contribution in [0.25, 0.3) is 0 Å². The van der Waals surface area contributed by atoms with Crippen LogP contribution < -0.4 is 10.5 Å². The van der Waals surface area contributed by atoms with Gasteiger partial charge < -0.3 is 10.5 Å². The van der Waals surface area contributed by atoms with Crippen LogP contribution in [0.5, 0.6) is 5.75 Å². The van der Waals surface area contributed by atoms with E-state index in [0.29, 0.717) is 27.8 Å². The third-order valence-corrected chi connectivity index (χ3v) is 4.15. The van der Waals surface area contributed by atoms with Gasteiger partial charge in [0.15, 0.2) is 0 Å². The van der Waals surface area contributed by atoms with Gasteiger partial charge in [0.1, 0.15) is 5.75 Å². The molecule has 2 aromatic rings. The number of benzene rings is 2. The second kappa shape index (κ2) is 6.69. The Bertz CT molecular complexity index is 679. The van der Waals surface area contributed by atoms with E-state index in [0.717, 1.165) is 4.90 Å². The van der Waals surface area contributed by atoms with Crippen molar-refractivity contribution in [1.82, 2.24) is 0 Å². The normalized spacial score (nSPS) is 10.4. The summed E-state index contributed by atoms with van der Waals surface area (Å²) in [6.45, 7) is 0. The summed E-state index contributed by atoms with van der Waals surface area (Å²) in [5.74, 6) is 1.06. The van der Waals surface area contributed by atoms with Gasteiger partial charge in [0.25, 0.3) is 5.69 Å². The summed E-state index contributed by atoms with van der Waals surface area (Å²) in [5, 5.41) is 11.5. The van der Waals surface area contributed by atoms with Crippen molar-refractivity contribution >= 4 is 34.7 Å². The third kappa shape index (κ3) is 3.80. The summed E-state index contributed by atoms with van der Waals surface area (Å²) in [6, 6.07) is 9.84. The Morgan fingerprint density at radius 2 is 2.10 bits per heavy atom. The summed E-state index contributed by atoms with van der Waals surface area (Å²) in [5.41, 5.74) is 6.92. The van der Waals surface area contributed by atoms with Crippen LogP contribution in [-0.2, 0) is 5.75 Å². The Morgan fingerprint density at radius 3 is 2.76 bits per heavy atom. The fourth-order valence-corrected chi connectivity index (χ4v) is 2.99. The highest BCUT2D eigenvalue weighted by Gasteiger charge is 2.15. The lowest BCUT2D eigenvalue weighted by Crippen LogP contribution is -1.95. The molecule has 0 bridgehead atoms. The van der Waals surface area contributed by atoms with Crippen molar-refractivity contribution < 1.29 is 9.66 Å². The van der Waals surface area contributed by atoms with E-state index in [-0.39, 0.29) is 5.69 Å². The van der Waals surface area contributed by atoms with Crippen LogP contribution in [0.3, 0.4) is 0 Å². The fourth-order valence-electron chi connectivity index (χ4n) is 1.81. The molecular weight excluding hydrogens is 312 g/mol. The number of nitrogens with two attached hydrogens (primary N) is 1. The summed E-state index contributed by atoms with van der Waals surface area (Å²) >= 11 is 7.34. The molecule has 0 spiro atoms. The van der Waals surface area contributed by atoms with Gasteiger partial charge in [-0.1, -0.05) is 11.6 Å². The zero-order valence-electron chi connectivity index (χ0n) is 11.2. The number of nitro benzene ring substituents is 1. The number of nitrogens with zero attached hydrogens (tertiary/aromatic N) is 1. The number of rotatable bonds is 5. The SMILES string of the molecule is COc1cc(N)ccc1SCc1cc(Cl)ccc1[N+](=O)[O-]. The summed E-state index contributed by atoms with van der Waals surface area (Å²) in [7, 11) is 1.56. The van der Waals surface area contributed by atoms with Gasteiger partial charge in [-0.2, -0.15) is 0 Å². The highest BCUT2D eigenvalue weighted by Crippen LogP contribution is 2.35. The lowest BCUT2D eigenvalue weighted by Gasteiger charge is -2.09. The van der Waals surface area contributed by atoms with Crippen molar-refractivity contribution in [2.75, 3.05) is 12.8 Å². The van der Waals surface area contributed by atoms with Gasteiger partial charge in [0.05, 0.1) is 12.0 Å². The van der Waals surface area contributed by atoms with Crippen molar-refractivity contribution in [2.45, 2.75) is 10.6 Å². The van der Waals surface area contributed by atoms with Crippen LogP contribution in [0.2, 0.25) is 5.02 Å². The molecule has 0 heterocycles. The molecule has 0 aliphatic heterocycles. The molecule has 0 amide bonds. The van der Waals surface area contributed by atoms with Gasteiger partial charge in [0.2, 0.25) is 0 Å². The number of methoxy groups -OCH3 is 1. The first kappa shape index (κ1) is 15.5. The molecule has 0 saturated carbocycles. The van der Waals surface area contributed by atoms with E-state index in [4.69, 9.17) is 22.1 Å². The van der Waals surface area contributed by atoms with Crippen molar-refractivity contribution in [3.8, 4) is 5.75 Å². The first-order valence-corrected chi connectivity index (χ1v) is 7.36. The van der Waals surface area contributed by atoms with E-state index in [1.165, 1.54) is 23.9 Å². The zero-order chi connectivity index (χ0) is 15.4. The van der Waals surface area contributed by atoms with Gasteiger partial charge in [-0.05, 0) is 24.3 Å². The standard InChI is InChI=1S/C14H13ClN2O3S/c1-20-13-7-11(16)3-5-14(13)21-8-9-6-10(15)2-4-12(9)17(18)19/h2-7H,8,16H2,1H3. The van der Waals surface area contributed by atoms with Gasteiger partial charge >= 0.3 is 0 Å². The van der Waals surface area contributed by atoms with Crippen molar-refractivity contribution in [2.24, 2.45) is 0 Å². The lowest BCUT2D eigenvalue weighted by molar-refractivity contribution is -0.385. The van der Waals surface area contributed by atoms with Crippen LogP contribution in [-0.4, -0.2) is 12.0 Å². The van der Waals surface area contributed by atoms with Crippen molar-refractivity contribution in [1.29, 1.82) is 0 Å². The molecule has 0 unspecified atom stereocenters. The second-order valence-electron chi connectivity index (χ2n) is 4.23. The molecule has 0 saturated heterocycles. The largest absolute Gasteiger partial charge is 0.496 e. The van der Waals surface area contributed by atoms with E-state index in [1.807, 2.05) is 6.07 Å². The maximum atomic E-state index is 11.0. The predicted molar refractivity (Wildman–Crippen MR) is 85.1 cm³/mol. The van der Waals surface area contributed by atoms with Gasteiger partial charge in [-0.3, -0.25) is 10.1 Å². The third-order valence-electron chi connectivity index (χ3n) is 2.81. The highest BCUT2D eigenvalue weighted by molar-refractivity contribution is 7.98. The molecule has 7 heteroatoms. The molecule has 0 aromatic heterocycles. The highest BCUT2D eigenvalue weighted by atomic mass is 35.5. The Balaban J connectivity index is 2.24. The van der Waals surface area contributed by atoms with Gasteiger partial charge in [-0.25, -0.2) is 0 Å². The number of ether oxygens (including phenoxy) is 1. The summed E-state index contributed by atoms with van der Waals surface area (Å²) in [6.07, 6.45) is 0. The average molecular weight is 325 g/mol. The smallest absolute Gasteiger partial charge is 0.273 e. The van der Waals surface area contributed by atoms with Crippen molar-refractivity contribution in [3.05, 3.63) is 57.1 Å². The first-order valence-electron chi connectivity index (χ1n) is 6.00. The average Bonchev–Trinajstić information content (AvgIpc) is 2.45. The van der Waals surface area contributed by atoms with E-state index in [2.05, 4.69) is 0 Å². The zero-order valence-corrected chi connectivity index (χ0v) is 12.8. The number of nitrogen functional groups attached to an aromatic ring is 1. The Morgan fingerprint density at radius 1 is 1.33 bits per heavy atom. The Hall–Kier alpha value is -1.92. The number of nitro groups is 1. The quantitative estimate of drug-likeness (QED) is 0.387. The maximum absolute atomic E-state index is 11.0. The number of halogens is 1. The van der Waals surface area contributed by atoms with Crippen LogP contribution in [0, 0.1) is 10.1 Å². The van der Waals surface area contributed by atoms with Crippen molar-refractivity contribution in [3.63, 3.8) is 0 Å². The Labute approximate surface area is 131 Å². The minimum atomic E-state index is -0.410. The monoisotopic (exact) mass is 324 g/mol. The molecule has 0 atom stereocenters. The molecule has 2 N–H and O–H groups in total. The topological polar surface area (TPSA) is 78.4 Å². The molecule has 110 valence electrons. The predicted octanol–water partition coefficient (Wildman–Crippen LogP) is 4.13. The van der Waals surface area contributed by atoms with Crippen LogP contribution >= 0.6 is 23.4 Å². The molecule has 21 heavy (non-hydrogen) atoms. The molecule has 0 aliphatic carbocycles. The molecular formula is C14H13ClN2O3S. The van der Waals surface area contributed by atoms with E-state index >= 15 is 0 Å². The van der Waals surface area contributed by atoms with Crippen LogP contribution in [0.15, 0.2) is 41.3 Å². The van der Waals surface area contributed by atoms with Crippen LogP contribution in [0.1, 0.15) is 5.56 Å². The summed E-state index contributed by atoms with van der Waals surface area (Å²) in [4.78, 5) is 11.5. The van der Waals surface area contributed by atoms with E-state index < -0.39 is 4.92 Å². The first-order chi connectivity index (χ1) is 10.0. The maximum Gasteiger partial charge on any atom is 0.273 e. The number of thioether (sulfide) groups is 1. The van der Waals surface area contributed by atoms with Crippen LogP contribution in [0.4, 0.5) is 11.4 Å². The number of anilines is 1. The molecule has 0 radical (unpaired) electrons. The molecule has 5 nitrogen and oxygen atoms in total. The minimum Gasteiger partial charge on any atom is -0.496 e. The fraction of sp³-hybridized carbons (Fsp3) is 0.143. The molecule has 2 rings (SSSR count). The molecule has 0 fully saturated rings. The van der Waals surface area contributed by atoms with E-state index in [1.54, 1.807) is 25.3 Å². The van der Waals surface area contributed by atoms with E-state index in [9.17, 15) is 10.1 Å².